The van der Waals surface area contributed by atoms with E-state index in [0.717, 1.165) is 36.2 Å². The van der Waals surface area contributed by atoms with Crippen molar-refractivity contribution in [2.24, 2.45) is 0 Å². The Morgan fingerprint density at radius 2 is 1.57 bits per heavy atom. The van der Waals surface area contributed by atoms with Crippen LogP contribution in [0.1, 0.15) is 24.3 Å². The topological polar surface area (TPSA) is 60.9 Å². The Labute approximate surface area is 204 Å². The first-order chi connectivity index (χ1) is 16.9. The van der Waals surface area contributed by atoms with Gasteiger partial charge in [-0.1, -0.05) is 42.5 Å². The Hall–Kier alpha value is -2.65. The van der Waals surface area contributed by atoms with Gasteiger partial charge in [-0.3, -0.25) is 4.90 Å². The number of rotatable bonds is 5. The summed E-state index contributed by atoms with van der Waals surface area (Å²) in [6, 6.07) is 19.0. The Morgan fingerprint density at radius 1 is 0.886 bits per heavy atom. The van der Waals surface area contributed by atoms with Crippen LogP contribution in [0.3, 0.4) is 0 Å². The smallest absolute Gasteiger partial charge is 0.243 e. The maximum atomic E-state index is 14.2. The molecule has 0 radical (unpaired) electrons. The summed E-state index contributed by atoms with van der Waals surface area (Å²) in [4.78, 5) is 2.27. The molecule has 2 aliphatic rings. The molecule has 0 amide bonds. The number of aliphatic hydroxyl groups is 1. The standard InChI is InChI=1S/C27H28F2N2O3S/c28-21-11-13-22(14-12-21)35(33,34)30-15-3-4-16-31-25(17-30)27(26(31)18-32)20-9-7-19(8-10-20)23-5-1-2-6-24(23)29/h1-2,5-14,25-27,32H,3-4,15-18H2/t25-,26+,27-/m0/s1. The lowest BCUT2D eigenvalue weighted by molar-refractivity contribution is -0.0553. The quantitative estimate of drug-likeness (QED) is 0.572. The van der Waals surface area contributed by atoms with E-state index in [1.54, 1.807) is 18.2 Å². The predicted octanol–water partition coefficient (Wildman–Crippen LogP) is 4.25. The third-order valence-corrected chi connectivity index (χ3v) is 9.14. The molecule has 35 heavy (non-hydrogen) atoms. The van der Waals surface area contributed by atoms with Crippen LogP contribution in [0.25, 0.3) is 11.1 Å². The van der Waals surface area contributed by atoms with Crippen LogP contribution in [-0.4, -0.2) is 61.1 Å². The van der Waals surface area contributed by atoms with E-state index in [1.807, 2.05) is 24.3 Å². The molecule has 3 aromatic carbocycles. The van der Waals surface area contributed by atoms with Crippen LogP contribution in [-0.2, 0) is 10.0 Å². The van der Waals surface area contributed by atoms with Crippen molar-refractivity contribution in [2.45, 2.75) is 35.7 Å². The molecular formula is C27H28F2N2O3S. The third-order valence-electron chi connectivity index (χ3n) is 7.26. The largest absolute Gasteiger partial charge is 0.395 e. The first-order valence-corrected chi connectivity index (χ1v) is 13.3. The maximum Gasteiger partial charge on any atom is 0.243 e. The monoisotopic (exact) mass is 498 g/mol. The third kappa shape index (κ3) is 4.51. The number of fused-ring (bicyclic) bond motifs is 1. The molecule has 0 saturated carbocycles. The lowest BCUT2D eigenvalue weighted by Gasteiger charge is -2.57. The van der Waals surface area contributed by atoms with Crippen molar-refractivity contribution in [3.63, 3.8) is 0 Å². The number of hydrogen-bond donors (Lipinski definition) is 1. The average Bonchev–Trinajstić information content (AvgIpc) is 2.84. The Morgan fingerprint density at radius 3 is 2.26 bits per heavy atom. The fourth-order valence-corrected chi connectivity index (χ4v) is 6.96. The summed E-state index contributed by atoms with van der Waals surface area (Å²) in [5, 5.41) is 10.2. The molecule has 2 heterocycles. The van der Waals surface area contributed by atoms with Crippen molar-refractivity contribution >= 4 is 10.0 Å². The van der Waals surface area contributed by atoms with E-state index in [1.165, 1.54) is 22.5 Å². The van der Waals surface area contributed by atoms with E-state index in [9.17, 15) is 22.3 Å². The summed E-state index contributed by atoms with van der Waals surface area (Å²) in [5.74, 6) is -0.824. The number of benzene rings is 3. The molecule has 3 aromatic rings. The zero-order valence-electron chi connectivity index (χ0n) is 19.2. The number of hydrogen-bond acceptors (Lipinski definition) is 4. The molecule has 8 heteroatoms. The van der Waals surface area contributed by atoms with Crippen molar-refractivity contribution in [3.8, 4) is 11.1 Å². The lowest BCUT2D eigenvalue weighted by atomic mass is 9.74. The first-order valence-electron chi connectivity index (χ1n) is 11.9. The first kappa shape index (κ1) is 24.1. The van der Waals surface area contributed by atoms with Crippen LogP contribution < -0.4 is 0 Å². The second kappa shape index (κ2) is 9.78. The molecule has 5 nitrogen and oxygen atoms in total. The highest BCUT2D eigenvalue weighted by atomic mass is 32.2. The molecule has 2 fully saturated rings. The number of nitrogens with zero attached hydrogens (tertiary/aromatic N) is 2. The van der Waals surface area contributed by atoms with Crippen LogP contribution in [0.5, 0.6) is 0 Å². The van der Waals surface area contributed by atoms with Crippen molar-refractivity contribution in [2.75, 3.05) is 26.2 Å². The zero-order chi connectivity index (χ0) is 24.6. The Kier molecular flexibility index (Phi) is 6.72. The van der Waals surface area contributed by atoms with E-state index in [-0.39, 0.29) is 41.9 Å². The van der Waals surface area contributed by atoms with E-state index in [2.05, 4.69) is 4.90 Å². The van der Waals surface area contributed by atoms with Gasteiger partial charge in [-0.05, 0) is 60.8 Å². The molecule has 0 aromatic heterocycles. The van der Waals surface area contributed by atoms with Gasteiger partial charge < -0.3 is 5.11 Å². The molecule has 1 N–H and O–H groups in total. The molecule has 5 rings (SSSR count). The van der Waals surface area contributed by atoms with Gasteiger partial charge in [0.05, 0.1) is 11.5 Å². The van der Waals surface area contributed by atoms with Crippen molar-refractivity contribution < 1.29 is 22.3 Å². The van der Waals surface area contributed by atoms with Gasteiger partial charge in [-0.15, -0.1) is 0 Å². The molecule has 0 aliphatic carbocycles. The number of aliphatic hydroxyl groups excluding tert-OH is 1. The van der Waals surface area contributed by atoms with Gasteiger partial charge in [0.1, 0.15) is 11.6 Å². The molecular weight excluding hydrogens is 470 g/mol. The van der Waals surface area contributed by atoms with Gasteiger partial charge in [-0.2, -0.15) is 4.31 Å². The SMILES string of the molecule is O=S(=O)(c1ccc(F)cc1)N1CCCCN2[C@H](CO)[C@@H](c3ccc(-c4ccccc4F)cc3)[C@@H]2C1. The summed E-state index contributed by atoms with van der Waals surface area (Å²) < 4.78 is 55.8. The predicted molar refractivity (Wildman–Crippen MR) is 130 cm³/mol. The van der Waals surface area contributed by atoms with E-state index in [4.69, 9.17) is 0 Å². The van der Waals surface area contributed by atoms with E-state index in [0.29, 0.717) is 18.5 Å². The second-order valence-electron chi connectivity index (χ2n) is 9.21. The van der Waals surface area contributed by atoms with Gasteiger partial charge >= 0.3 is 0 Å². The molecule has 0 bridgehead atoms. The van der Waals surface area contributed by atoms with E-state index < -0.39 is 15.8 Å². The highest BCUT2D eigenvalue weighted by Gasteiger charge is 2.50. The molecule has 0 unspecified atom stereocenters. The fraction of sp³-hybridized carbons (Fsp3) is 0.333. The van der Waals surface area contributed by atoms with Crippen LogP contribution in [0, 0.1) is 11.6 Å². The van der Waals surface area contributed by atoms with Crippen molar-refractivity contribution in [1.82, 2.24) is 9.21 Å². The molecule has 0 spiro atoms. The highest BCUT2D eigenvalue weighted by molar-refractivity contribution is 7.89. The summed E-state index contributed by atoms with van der Waals surface area (Å²) in [5.41, 5.74) is 2.28. The average molecular weight is 499 g/mol. The highest BCUT2D eigenvalue weighted by Crippen LogP contribution is 2.43. The number of halogens is 2. The summed E-state index contributed by atoms with van der Waals surface area (Å²) in [7, 11) is -3.78. The summed E-state index contributed by atoms with van der Waals surface area (Å²) >= 11 is 0. The molecule has 184 valence electrons. The fourth-order valence-electron chi connectivity index (χ4n) is 5.46. The summed E-state index contributed by atoms with van der Waals surface area (Å²) in [6.07, 6.45) is 1.53. The Bertz CT molecular complexity index is 1280. The normalized spacial score (nSPS) is 23.7. The minimum Gasteiger partial charge on any atom is -0.395 e. The van der Waals surface area contributed by atoms with Crippen molar-refractivity contribution in [3.05, 3.63) is 90.0 Å². The number of sulfonamides is 1. The Balaban J connectivity index is 1.43. The van der Waals surface area contributed by atoms with Crippen molar-refractivity contribution in [1.29, 1.82) is 0 Å². The van der Waals surface area contributed by atoms with Gasteiger partial charge in [0.25, 0.3) is 0 Å². The van der Waals surface area contributed by atoms with Crippen LogP contribution in [0.15, 0.2) is 77.7 Å². The molecule has 2 saturated heterocycles. The van der Waals surface area contributed by atoms with Crippen LogP contribution in [0.4, 0.5) is 8.78 Å². The zero-order valence-corrected chi connectivity index (χ0v) is 20.0. The van der Waals surface area contributed by atoms with Gasteiger partial charge in [0.15, 0.2) is 0 Å². The maximum absolute atomic E-state index is 14.2. The minimum atomic E-state index is -3.78. The van der Waals surface area contributed by atoms with Gasteiger partial charge in [-0.25, -0.2) is 17.2 Å². The second-order valence-corrected chi connectivity index (χ2v) is 11.1. The lowest BCUT2D eigenvalue weighted by Crippen LogP contribution is -2.67. The van der Waals surface area contributed by atoms with E-state index >= 15 is 0 Å². The molecule has 3 atom stereocenters. The van der Waals surface area contributed by atoms with Crippen LogP contribution >= 0.6 is 0 Å². The molecule has 2 aliphatic heterocycles. The van der Waals surface area contributed by atoms with Gasteiger partial charge in [0, 0.05) is 36.7 Å². The minimum absolute atomic E-state index is 0.0268. The van der Waals surface area contributed by atoms with Gasteiger partial charge in [0.2, 0.25) is 10.0 Å². The summed E-state index contributed by atoms with van der Waals surface area (Å²) in [6.45, 7) is 1.45. The van der Waals surface area contributed by atoms with Crippen LogP contribution in [0.2, 0.25) is 0 Å².